The van der Waals surface area contributed by atoms with Crippen molar-refractivity contribution in [2.24, 2.45) is 10.8 Å². The molecule has 0 N–H and O–H groups in total. The molecule has 0 unspecified atom stereocenters. The first kappa shape index (κ1) is 14.6. The minimum absolute atomic E-state index is 0.00133. The molecule has 3 heteroatoms. The molecule has 1 rings (SSSR count). The number of rotatable bonds is 2. The fourth-order valence-corrected chi connectivity index (χ4v) is 1.55. The van der Waals surface area contributed by atoms with Crippen molar-refractivity contribution >= 4 is 11.6 Å². The number of carbonyl (C=O) groups is 2. The number of hydrogen-bond acceptors (Lipinski definition) is 3. The predicted molar refractivity (Wildman–Crippen MR) is 71.8 cm³/mol. The van der Waals surface area contributed by atoms with E-state index in [-0.39, 0.29) is 11.6 Å². The van der Waals surface area contributed by atoms with Crippen molar-refractivity contribution in [2.75, 3.05) is 0 Å². The fourth-order valence-electron chi connectivity index (χ4n) is 1.55. The van der Waals surface area contributed by atoms with Crippen molar-refractivity contribution in [3.05, 3.63) is 29.6 Å². The lowest BCUT2D eigenvalue weighted by atomic mass is 9.84. The highest BCUT2D eigenvalue weighted by Crippen LogP contribution is 2.24. The zero-order valence-electron chi connectivity index (χ0n) is 12.0. The third kappa shape index (κ3) is 3.25. The number of aromatic nitrogens is 1. The molecule has 0 spiro atoms. The van der Waals surface area contributed by atoms with E-state index in [0.717, 1.165) is 0 Å². The van der Waals surface area contributed by atoms with E-state index in [1.807, 2.05) is 41.5 Å². The van der Waals surface area contributed by atoms with Gasteiger partial charge in [-0.2, -0.15) is 0 Å². The summed E-state index contributed by atoms with van der Waals surface area (Å²) in [5.74, 6) is -0.00267. The van der Waals surface area contributed by atoms with Crippen molar-refractivity contribution in [2.45, 2.75) is 41.5 Å². The van der Waals surface area contributed by atoms with Gasteiger partial charge < -0.3 is 0 Å². The van der Waals surface area contributed by atoms with Crippen molar-refractivity contribution in [1.29, 1.82) is 0 Å². The van der Waals surface area contributed by atoms with E-state index in [1.165, 1.54) is 12.4 Å². The molecule has 0 saturated carbocycles. The van der Waals surface area contributed by atoms with Gasteiger partial charge in [0.15, 0.2) is 11.6 Å². The van der Waals surface area contributed by atoms with Crippen molar-refractivity contribution in [3.8, 4) is 0 Å². The van der Waals surface area contributed by atoms with Gasteiger partial charge in [-0.25, -0.2) is 0 Å². The normalized spacial score (nSPS) is 12.3. The first-order valence-electron chi connectivity index (χ1n) is 6.08. The monoisotopic (exact) mass is 247 g/mol. The summed E-state index contributed by atoms with van der Waals surface area (Å²) in [7, 11) is 0. The molecule has 1 heterocycles. The van der Waals surface area contributed by atoms with Crippen molar-refractivity contribution in [1.82, 2.24) is 4.98 Å². The number of pyridine rings is 1. The van der Waals surface area contributed by atoms with Crippen LogP contribution in [-0.2, 0) is 0 Å². The topological polar surface area (TPSA) is 47.0 Å². The number of hydrogen-bond donors (Lipinski definition) is 0. The van der Waals surface area contributed by atoms with Crippen LogP contribution in [0.3, 0.4) is 0 Å². The van der Waals surface area contributed by atoms with Gasteiger partial charge in [-0.3, -0.25) is 14.6 Å². The Morgan fingerprint density at radius 2 is 1.17 bits per heavy atom. The highest BCUT2D eigenvalue weighted by Gasteiger charge is 2.26. The van der Waals surface area contributed by atoms with Crippen LogP contribution in [0.2, 0.25) is 0 Å². The lowest BCUT2D eigenvalue weighted by Gasteiger charge is -2.19. The summed E-state index contributed by atoms with van der Waals surface area (Å²) in [4.78, 5) is 28.3. The number of carbonyl (C=O) groups excluding carboxylic acids is 2. The van der Waals surface area contributed by atoms with Crippen molar-refractivity contribution < 1.29 is 9.59 Å². The zero-order valence-corrected chi connectivity index (χ0v) is 12.0. The molecule has 0 fully saturated rings. The quantitative estimate of drug-likeness (QED) is 0.751. The van der Waals surface area contributed by atoms with Gasteiger partial charge in [0.2, 0.25) is 0 Å². The van der Waals surface area contributed by atoms with Gasteiger partial charge in [0.1, 0.15) is 0 Å². The Morgan fingerprint density at radius 1 is 0.833 bits per heavy atom. The molecule has 1 aromatic heterocycles. The molecular formula is C15H21NO2. The van der Waals surface area contributed by atoms with E-state index >= 15 is 0 Å². The van der Waals surface area contributed by atoms with Gasteiger partial charge in [-0.15, -0.1) is 0 Å². The van der Waals surface area contributed by atoms with Gasteiger partial charge in [0.05, 0.1) is 0 Å². The second-order valence-electron chi connectivity index (χ2n) is 6.62. The molecular weight excluding hydrogens is 226 g/mol. The van der Waals surface area contributed by atoms with E-state index in [9.17, 15) is 9.59 Å². The predicted octanol–water partition coefficient (Wildman–Crippen LogP) is 3.54. The highest BCUT2D eigenvalue weighted by molar-refractivity contribution is 6.04. The van der Waals surface area contributed by atoms with Crippen LogP contribution in [0, 0.1) is 10.8 Å². The minimum Gasteiger partial charge on any atom is -0.294 e. The molecule has 0 aliphatic heterocycles. The average Bonchev–Trinajstić information content (AvgIpc) is 2.24. The molecule has 1 aromatic rings. The Balaban J connectivity index is 3.16. The first-order valence-corrected chi connectivity index (χ1v) is 6.08. The molecule has 0 saturated heterocycles. The maximum Gasteiger partial charge on any atom is 0.169 e. The second kappa shape index (κ2) is 4.63. The lowest BCUT2D eigenvalue weighted by Crippen LogP contribution is -2.23. The van der Waals surface area contributed by atoms with Crippen LogP contribution < -0.4 is 0 Å². The van der Waals surface area contributed by atoms with Crippen LogP contribution in [0.1, 0.15) is 62.3 Å². The Hall–Kier alpha value is -1.51. The molecule has 0 aliphatic rings. The van der Waals surface area contributed by atoms with Crippen LogP contribution in [0.15, 0.2) is 18.5 Å². The summed E-state index contributed by atoms with van der Waals surface area (Å²) in [5, 5.41) is 0. The third-order valence-electron chi connectivity index (χ3n) is 2.62. The summed E-state index contributed by atoms with van der Waals surface area (Å²) in [6, 6.07) is 1.65. The summed E-state index contributed by atoms with van der Waals surface area (Å²) < 4.78 is 0. The largest absolute Gasteiger partial charge is 0.294 e. The molecule has 0 aromatic carbocycles. The third-order valence-corrected chi connectivity index (χ3v) is 2.62. The Labute approximate surface area is 109 Å². The van der Waals surface area contributed by atoms with Crippen LogP contribution in [0.25, 0.3) is 0 Å². The number of nitrogens with zero attached hydrogens (tertiary/aromatic N) is 1. The van der Waals surface area contributed by atoms with E-state index in [1.54, 1.807) is 6.07 Å². The van der Waals surface area contributed by atoms with Crippen LogP contribution in [0.5, 0.6) is 0 Å². The van der Waals surface area contributed by atoms with Crippen LogP contribution in [-0.4, -0.2) is 16.6 Å². The Morgan fingerprint density at radius 3 is 1.44 bits per heavy atom. The summed E-state index contributed by atoms with van der Waals surface area (Å²) in [6.45, 7) is 11.1. The molecule has 3 nitrogen and oxygen atoms in total. The highest BCUT2D eigenvalue weighted by atomic mass is 16.1. The second-order valence-corrected chi connectivity index (χ2v) is 6.62. The summed E-state index contributed by atoms with van der Waals surface area (Å²) in [5.41, 5.74) is 0.0612. The van der Waals surface area contributed by atoms with Crippen molar-refractivity contribution in [3.63, 3.8) is 0 Å². The molecule has 0 aliphatic carbocycles. The van der Waals surface area contributed by atoms with Crippen LogP contribution >= 0.6 is 0 Å². The smallest absolute Gasteiger partial charge is 0.169 e. The van der Waals surface area contributed by atoms with E-state index in [2.05, 4.69) is 4.98 Å². The first-order chi connectivity index (χ1) is 8.03. The number of Topliss-reactive ketones (excluding diaryl/α,β-unsaturated/α-hetero) is 2. The van der Waals surface area contributed by atoms with Gasteiger partial charge in [0.25, 0.3) is 0 Å². The van der Waals surface area contributed by atoms with E-state index in [4.69, 9.17) is 0 Å². The molecule has 0 amide bonds. The van der Waals surface area contributed by atoms with Crippen LogP contribution in [0.4, 0.5) is 0 Å². The standard InChI is InChI=1S/C15H21NO2/c1-14(2,3)12(17)10-7-11(9-16-8-10)13(18)15(4,5)6/h7-9H,1-6H3. The Kier molecular flexibility index (Phi) is 3.75. The fraction of sp³-hybridized carbons (Fsp3) is 0.533. The minimum atomic E-state index is -0.467. The van der Waals surface area contributed by atoms with Gasteiger partial charge in [0, 0.05) is 34.4 Å². The Bertz CT molecular complexity index is 435. The maximum absolute atomic E-state index is 12.1. The molecule has 0 bridgehead atoms. The van der Waals surface area contributed by atoms with Gasteiger partial charge in [-0.05, 0) is 6.07 Å². The number of ketones is 2. The SMILES string of the molecule is CC(C)(C)C(=O)c1cncc(C(=O)C(C)(C)C)c1. The zero-order chi connectivity index (χ0) is 14.1. The molecule has 98 valence electrons. The molecule has 0 radical (unpaired) electrons. The van der Waals surface area contributed by atoms with E-state index < -0.39 is 10.8 Å². The van der Waals surface area contributed by atoms with Gasteiger partial charge in [-0.1, -0.05) is 41.5 Å². The summed E-state index contributed by atoms with van der Waals surface area (Å²) in [6.07, 6.45) is 3.04. The average molecular weight is 247 g/mol. The van der Waals surface area contributed by atoms with Gasteiger partial charge >= 0.3 is 0 Å². The lowest BCUT2D eigenvalue weighted by molar-refractivity contribution is 0.0855. The van der Waals surface area contributed by atoms with E-state index in [0.29, 0.717) is 11.1 Å². The molecule has 18 heavy (non-hydrogen) atoms. The molecule has 0 atom stereocenters. The maximum atomic E-state index is 12.1. The summed E-state index contributed by atoms with van der Waals surface area (Å²) >= 11 is 0.